The van der Waals surface area contributed by atoms with E-state index in [9.17, 15) is 22.8 Å². The smallest absolute Gasteiger partial charge is 0.390 e. The lowest BCUT2D eigenvalue weighted by atomic mass is 10.2. The summed E-state index contributed by atoms with van der Waals surface area (Å²) >= 11 is 0.734. The number of nitrogens with one attached hydrogen (secondary N) is 1. The van der Waals surface area contributed by atoms with Gasteiger partial charge in [0.1, 0.15) is 15.4 Å². The summed E-state index contributed by atoms with van der Waals surface area (Å²) in [7, 11) is 2.22. The quantitative estimate of drug-likeness (QED) is 0.807. The maximum atomic E-state index is 12.1. The molecule has 0 aliphatic rings. The first kappa shape index (κ1) is 17.1. The van der Waals surface area contributed by atoms with Gasteiger partial charge < -0.3 is 20.5 Å². The van der Waals surface area contributed by atoms with Gasteiger partial charge in [0.2, 0.25) is 0 Å². The minimum absolute atomic E-state index is 0.0315. The fraction of sp³-hybridized carbons (Fsp3) is 0.455. The van der Waals surface area contributed by atoms with Crippen LogP contribution in [0.25, 0.3) is 0 Å². The zero-order valence-electron chi connectivity index (χ0n) is 11.2. The molecule has 0 saturated heterocycles. The molecule has 0 amide bonds. The highest BCUT2D eigenvalue weighted by Gasteiger charge is 2.29. The predicted octanol–water partition coefficient (Wildman–Crippen LogP) is 2.27. The normalized spacial score (nSPS) is 11.1. The van der Waals surface area contributed by atoms with E-state index in [-0.39, 0.29) is 21.1 Å². The van der Waals surface area contributed by atoms with Crippen molar-refractivity contribution >= 4 is 34.0 Å². The zero-order valence-corrected chi connectivity index (χ0v) is 12.0. The molecule has 10 heteroatoms. The molecular formula is C11H13F3N2O4S. The Morgan fingerprint density at radius 3 is 2.29 bits per heavy atom. The Hall–Kier alpha value is -1.97. The zero-order chi connectivity index (χ0) is 16.2. The summed E-state index contributed by atoms with van der Waals surface area (Å²) in [5, 5.41) is 2.47. The molecule has 1 aromatic rings. The average Bonchev–Trinajstić information content (AvgIpc) is 2.72. The van der Waals surface area contributed by atoms with E-state index < -0.39 is 31.1 Å². The highest BCUT2D eigenvalue weighted by Crippen LogP contribution is 2.37. The second-order valence-electron chi connectivity index (χ2n) is 3.82. The van der Waals surface area contributed by atoms with Crippen LogP contribution in [0.5, 0.6) is 0 Å². The van der Waals surface area contributed by atoms with Gasteiger partial charge in [-0.1, -0.05) is 0 Å². The van der Waals surface area contributed by atoms with E-state index in [0.29, 0.717) is 0 Å². The highest BCUT2D eigenvalue weighted by molar-refractivity contribution is 7.19. The number of nitrogen functional groups attached to an aromatic ring is 1. The lowest BCUT2D eigenvalue weighted by Crippen LogP contribution is -2.15. The molecule has 0 aromatic carbocycles. The fourth-order valence-corrected chi connectivity index (χ4v) is 2.49. The van der Waals surface area contributed by atoms with Crippen molar-refractivity contribution in [2.45, 2.75) is 12.6 Å². The van der Waals surface area contributed by atoms with Crippen LogP contribution in [0.15, 0.2) is 0 Å². The molecule has 0 atom stereocenters. The molecule has 0 radical (unpaired) electrons. The summed E-state index contributed by atoms with van der Waals surface area (Å²) < 4.78 is 45.4. The van der Waals surface area contributed by atoms with Crippen molar-refractivity contribution in [3.8, 4) is 0 Å². The van der Waals surface area contributed by atoms with Crippen molar-refractivity contribution in [1.82, 2.24) is 0 Å². The van der Waals surface area contributed by atoms with Crippen LogP contribution < -0.4 is 11.1 Å². The maximum absolute atomic E-state index is 12.1. The van der Waals surface area contributed by atoms with Crippen molar-refractivity contribution in [3.05, 3.63) is 10.4 Å². The topological polar surface area (TPSA) is 90.6 Å². The standard InChI is InChI=1S/C11H13F3N2O4S/c1-19-9(17)5-6(15)7(10(18)20-2)21-8(5)16-4-3-11(12,13)14/h16H,3-4,15H2,1-2H3. The van der Waals surface area contributed by atoms with E-state index in [0.717, 1.165) is 25.6 Å². The number of alkyl halides is 3. The molecule has 0 bridgehead atoms. The molecule has 1 aromatic heterocycles. The van der Waals surface area contributed by atoms with Crippen LogP contribution >= 0.6 is 11.3 Å². The molecule has 0 spiro atoms. The van der Waals surface area contributed by atoms with Gasteiger partial charge in [0, 0.05) is 6.54 Å². The Morgan fingerprint density at radius 2 is 1.81 bits per heavy atom. The molecule has 0 saturated carbocycles. The fourth-order valence-electron chi connectivity index (χ4n) is 1.44. The number of hydrogen-bond acceptors (Lipinski definition) is 7. The van der Waals surface area contributed by atoms with Crippen LogP contribution in [0.1, 0.15) is 26.5 Å². The first-order chi connectivity index (χ1) is 9.71. The molecule has 0 aliphatic heterocycles. The minimum Gasteiger partial charge on any atom is -0.465 e. The van der Waals surface area contributed by atoms with Gasteiger partial charge in [0.25, 0.3) is 0 Å². The Bertz CT molecular complexity index is 542. The SMILES string of the molecule is COC(=O)c1sc(NCCC(F)(F)F)c(C(=O)OC)c1N. The highest BCUT2D eigenvalue weighted by atomic mass is 32.1. The van der Waals surface area contributed by atoms with E-state index in [2.05, 4.69) is 14.8 Å². The van der Waals surface area contributed by atoms with Crippen molar-refractivity contribution in [2.75, 3.05) is 31.8 Å². The number of halogens is 3. The van der Waals surface area contributed by atoms with Gasteiger partial charge in [-0.25, -0.2) is 9.59 Å². The van der Waals surface area contributed by atoms with Crippen molar-refractivity contribution < 1.29 is 32.2 Å². The van der Waals surface area contributed by atoms with Crippen molar-refractivity contribution in [2.24, 2.45) is 0 Å². The number of carbonyl (C=O) groups is 2. The van der Waals surface area contributed by atoms with E-state index in [1.807, 2.05) is 0 Å². The summed E-state index contributed by atoms with van der Waals surface area (Å²) in [6.07, 6.45) is -5.44. The first-order valence-electron chi connectivity index (χ1n) is 5.60. The van der Waals surface area contributed by atoms with Crippen LogP contribution in [0.3, 0.4) is 0 Å². The number of ether oxygens (including phenoxy) is 2. The van der Waals surface area contributed by atoms with Gasteiger partial charge >= 0.3 is 18.1 Å². The van der Waals surface area contributed by atoms with E-state index in [1.165, 1.54) is 0 Å². The molecule has 118 valence electrons. The number of anilines is 2. The lowest BCUT2D eigenvalue weighted by Gasteiger charge is -2.08. The molecule has 3 N–H and O–H groups in total. The second kappa shape index (κ2) is 6.66. The largest absolute Gasteiger partial charge is 0.465 e. The number of thiophene rings is 1. The molecule has 0 fully saturated rings. The summed E-state index contributed by atoms with van der Waals surface area (Å²) in [5.74, 6) is -1.64. The number of methoxy groups -OCH3 is 2. The molecule has 1 heterocycles. The van der Waals surface area contributed by atoms with Gasteiger partial charge in [-0.05, 0) is 0 Å². The maximum Gasteiger partial charge on any atom is 0.390 e. The predicted molar refractivity (Wildman–Crippen MR) is 70.6 cm³/mol. The van der Waals surface area contributed by atoms with Crippen LogP contribution in [-0.4, -0.2) is 38.9 Å². The Labute approximate surface area is 122 Å². The van der Waals surface area contributed by atoms with Crippen LogP contribution in [-0.2, 0) is 9.47 Å². The van der Waals surface area contributed by atoms with Crippen LogP contribution in [0.2, 0.25) is 0 Å². The summed E-state index contributed by atoms with van der Waals surface area (Å²) in [6, 6.07) is 0. The average molecular weight is 326 g/mol. The van der Waals surface area contributed by atoms with Crippen molar-refractivity contribution in [3.63, 3.8) is 0 Å². The van der Waals surface area contributed by atoms with E-state index in [1.54, 1.807) is 0 Å². The third-order valence-electron chi connectivity index (χ3n) is 2.40. The Kier molecular flexibility index (Phi) is 5.41. The van der Waals surface area contributed by atoms with Gasteiger partial charge in [0.15, 0.2) is 0 Å². The molecule has 0 unspecified atom stereocenters. The lowest BCUT2D eigenvalue weighted by molar-refractivity contribution is -0.131. The third-order valence-corrected chi connectivity index (χ3v) is 3.54. The second-order valence-corrected chi connectivity index (χ2v) is 4.84. The number of carbonyl (C=O) groups excluding carboxylic acids is 2. The minimum atomic E-state index is -4.34. The van der Waals surface area contributed by atoms with E-state index >= 15 is 0 Å². The number of rotatable bonds is 5. The Morgan fingerprint density at radius 1 is 1.24 bits per heavy atom. The third kappa shape index (κ3) is 4.25. The van der Waals surface area contributed by atoms with Crippen LogP contribution in [0.4, 0.5) is 23.9 Å². The van der Waals surface area contributed by atoms with Crippen LogP contribution in [0, 0.1) is 0 Å². The molecule has 6 nitrogen and oxygen atoms in total. The number of esters is 2. The number of nitrogens with two attached hydrogens (primary N) is 1. The summed E-state index contributed by atoms with van der Waals surface area (Å²) in [5.41, 5.74) is 5.30. The Balaban J connectivity index is 3.06. The van der Waals surface area contributed by atoms with Gasteiger partial charge in [-0.15, -0.1) is 11.3 Å². The molecule has 21 heavy (non-hydrogen) atoms. The number of hydrogen-bond donors (Lipinski definition) is 2. The van der Waals surface area contributed by atoms with Gasteiger partial charge in [0.05, 0.1) is 26.3 Å². The van der Waals surface area contributed by atoms with Gasteiger partial charge in [-0.2, -0.15) is 13.2 Å². The van der Waals surface area contributed by atoms with Crippen molar-refractivity contribution in [1.29, 1.82) is 0 Å². The molecule has 1 rings (SSSR count). The summed E-state index contributed by atoms with van der Waals surface area (Å²) in [6.45, 7) is -0.464. The first-order valence-corrected chi connectivity index (χ1v) is 6.42. The summed E-state index contributed by atoms with van der Waals surface area (Å²) in [4.78, 5) is 23.0. The molecule has 0 aliphatic carbocycles. The monoisotopic (exact) mass is 326 g/mol. The van der Waals surface area contributed by atoms with Gasteiger partial charge in [-0.3, -0.25) is 0 Å². The van der Waals surface area contributed by atoms with E-state index in [4.69, 9.17) is 5.73 Å². The molecular weight excluding hydrogens is 313 g/mol.